The second kappa shape index (κ2) is 7.70. The summed E-state index contributed by atoms with van der Waals surface area (Å²) in [6, 6.07) is 11.8. The number of hydrogen-bond acceptors (Lipinski definition) is 4. The molecule has 1 heterocycles. The zero-order chi connectivity index (χ0) is 14.2. The zero-order valence-corrected chi connectivity index (χ0v) is 12.2. The third kappa shape index (κ3) is 4.10. The molecule has 20 heavy (non-hydrogen) atoms. The fourth-order valence-corrected chi connectivity index (χ4v) is 2.03. The van der Waals surface area contributed by atoms with Gasteiger partial charge in [0.25, 0.3) is 0 Å². The molecular formula is C15H18ClN3O. The van der Waals surface area contributed by atoms with Gasteiger partial charge < -0.3 is 10.1 Å². The van der Waals surface area contributed by atoms with Gasteiger partial charge in [-0.2, -0.15) is 0 Å². The van der Waals surface area contributed by atoms with Gasteiger partial charge in [0, 0.05) is 11.9 Å². The number of nitrogens with zero attached hydrogens (tertiary/aromatic N) is 2. The maximum atomic E-state index is 6.04. The number of nitrogens with one attached hydrogen (secondary N) is 1. The van der Waals surface area contributed by atoms with Crippen molar-refractivity contribution in [1.29, 1.82) is 0 Å². The van der Waals surface area contributed by atoms with E-state index in [9.17, 15) is 0 Å². The second-order valence-corrected chi connectivity index (χ2v) is 4.66. The van der Waals surface area contributed by atoms with Crippen LogP contribution in [0.15, 0.2) is 42.7 Å². The van der Waals surface area contributed by atoms with Crippen LogP contribution in [0.1, 0.15) is 24.9 Å². The van der Waals surface area contributed by atoms with Crippen molar-refractivity contribution in [3.63, 3.8) is 0 Å². The summed E-state index contributed by atoms with van der Waals surface area (Å²) in [6.45, 7) is 2.70. The van der Waals surface area contributed by atoms with Gasteiger partial charge in [0.15, 0.2) is 0 Å². The van der Waals surface area contributed by atoms with Gasteiger partial charge in [0.2, 0.25) is 5.88 Å². The van der Waals surface area contributed by atoms with E-state index in [0.29, 0.717) is 24.2 Å². The molecule has 1 N–H and O–H groups in total. The highest BCUT2D eigenvalue weighted by atomic mass is 35.5. The molecule has 4 nitrogen and oxygen atoms in total. The van der Waals surface area contributed by atoms with E-state index in [-0.39, 0.29) is 6.04 Å². The second-order valence-electron chi connectivity index (χ2n) is 4.35. The summed E-state index contributed by atoms with van der Waals surface area (Å²) in [5, 5.41) is 3.30. The number of rotatable bonds is 7. The summed E-state index contributed by atoms with van der Waals surface area (Å²) in [5.41, 5.74) is 1.12. The maximum absolute atomic E-state index is 6.04. The van der Waals surface area contributed by atoms with Crippen molar-refractivity contribution in [2.75, 3.05) is 17.8 Å². The molecule has 0 aliphatic carbocycles. The predicted molar refractivity (Wildman–Crippen MR) is 81.3 cm³/mol. The number of benzene rings is 1. The summed E-state index contributed by atoms with van der Waals surface area (Å²) in [7, 11) is 0. The van der Waals surface area contributed by atoms with Crippen LogP contribution in [0.25, 0.3) is 0 Å². The van der Waals surface area contributed by atoms with Crippen LogP contribution >= 0.6 is 11.6 Å². The number of ether oxygens (including phenoxy) is 1. The molecule has 0 aliphatic heterocycles. The molecule has 0 amide bonds. The molecular weight excluding hydrogens is 274 g/mol. The molecule has 5 heteroatoms. The minimum Gasteiger partial charge on any atom is -0.478 e. The molecule has 0 fully saturated rings. The third-order valence-electron chi connectivity index (χ3n) is 2.77. The maximum Gasteiger partial charge on any atom is 0.218 e. The first-order valence-electron chi connectivity index (χ1n) is 6.65. The largest absolute Gasteiger partial charge is 0.478 e. The molecule has 1 atom stereocenters. The van der Waals surface area contributed by atoms with E-state index in [2.05, 4.69) is 22.2 Å². The van der Waals surface area contributed by atoms with E-state index >= 15 is 0 Å². The zero-order valence-electron chi connectivity index (χ0n) is 11.4. The molecule has 0 aliphatic rings. The fourth-order valence-electron chi connectivity index (χ4n) is 1.78. The van der Waals surface area contributed by atoms with E-state index in [1.807, 2.05) is 30.3 Å². The SMILES string of the molecule is CCCOc1cc(NC(CCl)c2ccccc2)ncn1. The summed E-state index contributed by atoms with van der Waals surface area (Å²) in [5.74, 6) is 1.74. The Morgan fingerprint density at radius 2 is 2.05 bits per heavy atom. The average Bonchev–Trinajstić information content (AvgIpc) is 2.52. The fraction of sp³-hybridized carbons (Fsp3) is 0.333. The Hall–Kier alpha value is -1.81. The van der Waals surface area contributed by atoms with E-state index in [4.69, 9.17) is 16.3 Å². The predicted octanol–water partition coefficient (Wildman–Crippen LogP) is 3.66. The van der Waals surface area contributed by atoms with Gasteiger partial charge in [-0.05, 0) is 12.0 Å². The van der Waals surface area contributed by atoms with Crippen LogP contribution < -0.4 is 10.1 Å². The average molecular weight is 292 g/mol. The summed E-state index contributed by atoms with van der Waals surface area (Å²) in [6.07, 6.45) is 2.44. The molecule has 0 saturated heterocycles. The van der Waals surface area contributed by atoms with Gasteiger partial charge in [-0.15, -0.1) is 11.6 Å². The Bertz CT molecular complexity index is 522. The Kier molecular flexibility index (Phi) is 5.62. The van der Waals surface area contributed by atoms with Crippen molar-refractivity contribution < 1.29 is 4.74 Å². The van der Waals surface area contributed by atoms with Crippen molar-refractivity contribution >= 4 is 17.4 Å². The first-order valence-corrected chi connectivity index (χ1v) is 7.19. The lowest BCUT2D eigenvalue weighted by molar-refractivity contribution is 0.305. The van der Waals surface area contributed by atoms with Crippen molar-refractivity contribution in [3.8, 4) is 5.88 Å². The Morgan fingerprint density at radius 3 is 2.75 bits per heavy atom. The summed E-state index contributed by atoms with van der Waals surface area (Å²) in [4.78, 5) is 8.28. The molecule has 2 aromatic rings. The molecule has 0 radical (unpaired) electrons. The van der Waals surface area contributed by atoms with Crippen LogP contribution in [-0.2, 0) is 0 Å². The minimum atomic E-state index is 0.00629. The van der Waals surface area contributed by atoms with Gasteiger partial charge in [0.05, 0.1) is 12.6 Å². The molecule has 0 spiro atoms. The van der Waals surface area contributed by atoms with Gasteiger partial charge in [-0.25, -0.2) is 9.97 Å². The van der Waals surface area contributed by atoms with Crippen molar-refractivity contribution in [2.45, 2.75) is 19.4 Å². The van der Waals surface area contributed by atoms with Crippen LogP contribution in [0.2, 0.25) is 0 Å². The van der Waals surface area contributed by atoms with Crippen LogP contribution in [0, 0.1) is 0 Å². The molecule has 0 bridgehead atoms. The normalized spacial score (nSPS) is 11.9. The van der Waals surface area contributed by atoms with Crippen molar-refractivity contribution in [2.24, 2.45) is 0 Å². The lowest BCUT2D eigenvalue weighted by Crippen LogP contribution is -2.13. The highest BCUT2D eigenvalue weighted by Gasteiger charge is 2.11. The van der Waals surface area contributed by atoms with Crippen LogP contribution in [-0.4, -0.2) is 22.5 Å². The quantitative estimate of drug-likeness (QED) is 0.791. The number of alkyl halides is 1. The van der Waals surface area contributed by atoms with Crippen molar-refractivity contribution in [1.82, 2.24) is 9.97 Å². The number of hydrogen-bond donors (Lipinski definition) is 1. The monoisotopic (exact) mass is 291 g/mol. The minimum absolute atomic E-state index is 0.00629. The van der Waals surface area contributed by atoms with Crippen LogP contribution in [0.3, 0.4) is 0 Å². The first-order chi connectivity index (χ1) is 9.83. The van der Waals surface area contributed by atoms with Gasteiger partial charge in [0.1, 0.15) is 12.1 Å². The Balaban J connectivity index is 2.07. The highest BCUT2D eigenvalue weighted by molar-refractivity contribution is 6.18. The Morgan fingerprint density at radius 1 is 1.25 bits per heavy atom. The number of anilines is 1. The van der Waals surface area contributed by atoms with Crippen LogP contribution in [0.4, 0.5) is 5.82 Å². The van der Waals surface area contributed by atoms with E-state index in [1.165, 1.54) is 6.33 Å². The third-order valence-corrected chi connectivity index (χ3v) is 3.08. The highest BCUT2D eigenvalue weighted by Crippen LogP contribution is 2.21. The topological polar surface area (TPSA) is 47.0 Å². The standard InChI is InChI=1S/C15H18ClN3O/c1-2-8-20-15-9-14(17-11-18-15)19-13(10-16)12-6-4-3-5-7-12/h3-7,9,11,13H,2,8,10H2,1H3,(H,17,18,19). The molecule has 1 unspecified atom stereocenters. The summed E-state index contributed by atoms with van der Waals surface area (Å²) < 4.78 is 5.49. The van der Waals surface area contributed by atoms with Gasteiger partial charge in [-0.1, -0.05) is 37.3 Å². The van der Waals surface area contributed by atoms with Gasteiger partial charge >= 0.3 is 0 Å². The summed E-state index contributed by atoms with van der Waals surface area (Å²) >= 11 is 6.04. The van der Waals surface area contributed by atoms with Gasteiger partial charge in [-0.3, -0.25) is 0 Å². The van der Waals surface area contributed by atoms with Crippen molar-refractivity contribution in [3.05, 3.63) is 48.3 Å². The molecule has 1 aromatic carbocycles. The first kappa shape index (κ1) is 14.6. The molecule has 2 rings (SSSR count). The Labute approximate surface area is 124 Å². The van der Waals surface area contributed by atoms with E-state index < -0.39 is 0 Å². The van der Waals surface area contributed by atoms with Crippen LogP contribution in [0.5, 0.6) is 5.88 Å². The molecule has 1 aromatic heterocycles. The smallest absolute Gasteiger partial charge is 0.218 e. The lowest BCUT2D eigenvalue weighted by Gasteiger charge is -2.17. The lowest BCUT2D eigenvalue weighted by atomic mass is 10.1. The molecule has 0 saturated carbocycles. The molecule has 106 valence electrons. The van der Waals surface area contributed by atoms with E-state index in [1.54, 1.807) is 6.07 Å². The number of aromatic nitrogens is 2. The van der Waals surface area contributed by atoms with E-state index in [0.717, 1.165) is 12.0 Å². The number of halogens is 1.